The molecule has 0 bridgehead atoms. The second-order valence-electron chi connectivity index (χ2n) is 5.90. The van der Waals surface area contributed by atoms with Crippen LogP contribution in [0, 0.1) is 0 Å². The predicted octanol–water partition coefficient (Wildman–Crippen LogP) is 3.91. The minimum Gasteiger partial charge on any atom is -0.368 e. The van der Waals surface area contributed by atoms with Gasteiger partial charge in [0.2, 0.25) is 5.91 Å². The third-order valence-electron chi connectivity index (χ3n) is 3.48. The fourth-order valence-corrected chi connectivity index (χ4v) is 3.58. The molecule has 1 amide bonds. The second-order valence-corrected chi connectivity index (χ2v) is 6.97. The topological polar surface area (TPSA) is 60.9 Å². The molecule has 1 heterocycles. The SMILES string of the molecule is CC(C)c1cnc(S[C@H](C(N)=O)c2ccccc2)n1C(C)C. The van der Waals surface area contributed by atoms with Crippen molar-refractivity contribution in [3.8, 4) is 0 Å². The van der Waals surface area contributed by atoms with Gasteiger partial charge in [-0.25, -0.2) is 4.98 Å². The van der Waals surface area contributed by atoms with Gasteiger partial charge in [-0.3, -0.25) is 4.79 Å². The first-order chi connectivity index (χ1) is 10.4. The Labute approximate surface area is 136 Å². The van der Waals surface area contributed by atoms with Crippen LogP contribution in [0.5, 0.6) is 0 Å². The molecule has 0 saturated carbocycles. The zero-order valence-electron chi connectivity index (χ0n) is 13.5. The van der Waals surface area contributed by atoms with Gasteiger partial charge >= 0.3 is 0 Å². The van der Waals surface area contributed by atoms with Crippen molar-refractivity contribution in [1.29, 1.82) is 0 Å². The summed E-state index contributed by atoms with van der Waals surface area (Å²) in [5, 5.41) is 0.410. The van der Waals surface area contributed by atoms with Crippen LogP contribution in [0.4, 0.5) is 0 Å². The Balaban J connectivity index is 2.38. The van der Waals surface area contributed by atoms with E-state index in [9.17, 15) is 4.79 Å². The standard InChI is InChI=1S/C17H23N3OS/c1-11(2)14-10-19-17(20(14)12(3)4)22-15(16(18)21)13-8-6-5-7-9-13/h5-12,15H,1-4H3,(H2,18,21)/t15-/m0/s1. The summed E-state index contributed by atoms with van der Waals surface area (Å²) in [5.74, 6) is 0.0357. The number of hydrogen-bond donors (Lipinski definition) is 1. The van der Waals surface area contributed by atoms with E-state index >= 15 is 0 Å². The Kier molecular flexibility index (Phi) is 5.29. The van der Waals surface area contributed by atoms with Gasteiger partial charge in [-0.2, -0.15) is 0 Å². The Morgan fingerprint density at radius 3 is 2.32 bits per heavy atom. The first kappa shape index (κ1) is 16.6. The third-order valence-corrected chi connectivity index (χ3v) is 4.74. The normalized spacial score (nSPS) is 12.8. The van der Waals surface area contributed by atoms with E-state index in [0.717, 1.165) is 10.7 Å². The molecule has 2 rings (SSSR count). The van der Waals surface area contributed by atoms with Crippen molar-refractivity contribution >= 4 is 17.7 Å². The summed E-state index contributed by atoms with van der Waals surface area (Å²) in [6.07, 6.45) is 1.90. The molecule has 0 saturated heterocycles. The van der Waals surface area contributed by atoms with Crippen LogP contribution in [0.1, 0.15) is 56.2 Å². The maximum atomic E-state index is 11.9. The second kappa shape index (κ2) is 7.01. The molecule has 0 unspecified atom stereocenters. The fraction of sp³-hybridized carbons (Fsp3) is 0.412. The van der Waals surface area contributed by atoms with Gasteiger partial charge in [-0.05, 0) is 25.3 Å². The number of rotatable bonds is 6. The van der Waals surface area contributed by atoms with E-state index in [-0.39, 0.29) is 11.9 Å². The molecule has 118 valence electrons. The van der Waals surface area contributed by atoms with Gasteiger partial charge in [0.05, 0.1) is 0 Å². The van der Waals surface area contributed by atoms with Gasteiger partial charge in [0.15, 0.2) is 5.16 Å². The minimum absolute atomic E-state index is 0.284. The first-order valence-electron chi connectivity index (χ1n) is 7.49. The predicted molar refractivity (Wildman–Crippen MR) is 90.9 cm³/mol. The molecule has 1 aromatic heterocycles. The van der Waals surface area contributed by atoms with E-state index in [2.05, 4.69) is 37.2 Å². The Morgan fingerprint density at radius 1 is 1.18 bits per heavy atom. The highest BCUT2D eigenvalue weighted by Crippen LogP contribution is 2.37. The summed E-state index contributed by atoms with van der Waals surface area (Å²) in [6.45, 7) is 8.54. The van der Waals surface area contributed by atoms with Crippen molar-refractivity contribution in [3.05, 3.63) is 47.8 Å². The van der Waals surface area contributed by atoms with Crippen LogP contribution in [0.15, 0.2) is 41.7 Å². The molecule has 22 heavy (non-hydrogen) atoms. The summed E-state index contributed by atoms with van der Waals surface area (Å²) in [7, 11) is 0. The number of nitrogens with two attached hydrogens (primary N) is 1. The third kappa shape index (κ3) is 3.53. The Hall–Kier alpha value is -1.75. The lowest BCUT2D eigenvalue weighted by Crippen LogP contribution is -2.20. The largest absolute Gasteiger partial charge is 0.368 e. The molecule has 0 aliphatic heterocycles. The fourth-order valence-electron chi connectivity index (χ4n) is 2.41. The number of carbonyl (C=O) groups excluding carboxylic acids is 1. The molecule has 0 fully saturated rings. The van der Waals surface area contributed by atoms with Crippen molar-refractivity contribution in [2.24, 2.45) is 5.73 Å². The Bertz CT molecular complexity index is 635. The smallest absolute Gasteiger partial charge is 0.235 e. The molecule has 2 N–H and O–H groups in total. The van der Waals surface area contributed by atoms with Crippen LogP contribution in [0.2, 0.25) is 0 Å². The van der Waals surface area contributed by atoms with Crippen molar-refractivity contribution in [2.45, 2.75) is 50.1 Å². The van der Waals surface area contributed by atoms with E-state index in [4.69, 9.17) is 5.73 Å². The molecular weight excluding hydrogens is 294 g/mol. The van der Waals surface area contributed by atoms with Crippen molar-refractivity contribution in [3.63, 3.8) is 0 Å². The quantitative estimate of drug-likeness (QED) is 0.822. The first-order valence-corrected chi connectivity index (χ1v) is 8.37. The lowest BCUT2D eigenvalue weighted by Gasteiger charge is -2.19. The number of aromatic nitrogens is 2. The molecule has 1 aromatic carbocycles. The highest BCUT2D eigenvalue weighted by molar-refractivity contribution is 8.00. The number of benzene rings is 1. The van der Waals surface area contributed by atoms with Gasteiger partial charge in [-0.15, -0.1) is 0 Å². The number of thioether (sulfide) groups is 1. The van der Waals surface area contributed by atoms with Crippen molar-refractivity contribution in [2.75, 3.05) is 0 Å². The molecule has 0 radical (unpaired) electrons. The zero-order chi connectivity index (χ0) is 16.3. The average molecular weight is 317 g/mol. The summed E-state index contributed by atoms with van der Waals surface area (Å²) < 4.78 is 2.19. The van der Waals surface area contributed by atoms with E-state index in [1.165, 1.54) is 17.5 Å². The molecule has 2 aromatic rings. The number of amides is 1. The number of primary amides is 1. The van der Waals surface area contributed by atoms with Gasteiger partial charge in [0.1, 0.15) is 5.25 Å². The average Bonchev–Trinajstić information content (AvgIpc) is 2.89. The highest BCUT2D eigenvalue weighted by Gasteiger charge is 2.24. The van der Waals surface area contributed by atoms with Crippen LogP contribution >= 0.6 is 11.8 Å². The minimum atomic E-state index is -0.430. The van der Waals surface area contributed by atoms with Crippen LogP contribution in [0.25, 0.3) is 0 Å². The molecule has 5 heteroatoms. The maximum Gasteiger partial charge on any atom is 0.235 e. The number of imidazole rings is 1. The lowest BCUT2D eigenvalue weighted by atomic mass is 10.1. The van der Waals surface area contributed by atoms with Gasteiger partial charge < -0.3 is 10.3 Å². The van der Waals surface area contributed by atoms with Crippen LogP contribution < -0.4 is 5.73 Å². The van der Waals surface area contributed by atoms with E-state index in [1.54, 1.807) is 0 Å². The summed E-state index contributed by atoms with van der Waals surface area (Å²) in [4.78, 5) is 16.4. The van der Waals surface area contributed by atoms with Crippen LogP contribution in [0.3, 0.4) is 0 Å². The molecule has 1 atom stereocenters. The maximum absolute atomic E-state index is 11.9. The Morgan fingerprint density at radius 2 is 1.82 bits per heavy atom. The highest BCUT2D eigenvalue weighted by atomic mass is 32.2. The number of nitrogens with zero attached hydrogens (tertiary/aromatic N) is 2. The van der Waals surface area contributed by atoms with Crippen LogP contribution in [-0.2, 0) is 4.79 Å². The van der Waals surface area contributed by atoms with E-state index < -0.39 is 5.25 Å². The molecule has 0 aliphatic rings. The van der Waals surface area contributed by atoms with E-state index in [1.807, 2.05) is 36.5 Å². The summed E-state index contributed by atoms with van der Waals surface area (Å²) in [6, 6.07) is 9.90. The molecular formula is C17H23N3OS. The van der Waals surface area contributed by atoms with Gasteiger partial charge in [0.25, 0.3) is 0 Å². The number of carbonyl (C=O) groups is 1. The van der Waals surface area contributed by atoms with Crippen molar-refractivity contribution in [1.82, 2.24) is 9.55 Å². The monoisotopic (exact) mass is 317 g/mol. The molecule has 0 aliphatic carbocycles. The summed E-state index contributed by atoms with van der Waals surface area (Å²) in [5.41, 5.74) is 7.69. The summed E-state index contributed by atoms with van der Waals surface area (Å²) >= 11 is 1.42. The molecule has 0 spiro atoms. The van der Waals surface area contributed by atoms with Crippen LogP contribution in [-0.4, -0.2) is 15.5 Å². The number of hydrogen-bond acceptors (Lipinski definition) is 3. The zero-order valence-corrected chi connectivity index (χ0v) is 14.3. The van der Waals surface area contributed by atoms with Gasteiger partial charge in [-0.1, -0.05) is 55.9 Å². The van der Waals surface area contributed by atoms with E-state index in [0.29, 0.717) is 5.92 Å². The van der Waals surface area contributed by atoms with Gasteiger partial charge in [0, 0.05) is 17.9 Å². The van der Waals surface area contributed by atoms with Crippen molar-refractivity contribution < 1.29 is 4.79 Å². The lowest BCUT2D eigenvalue weighted by molar-refractivity contribution is -0.117. The molecule has 4 nitrogen and oxygen atoms in total.